The Morgan fingerprint density at radius 1 is 1.33 bits per heavy atom. The minimum Gasteiger partial charge on any atom is -0.494 e. The lowest BCUT2D eigenvalue weighted by Crippen LogP contribution is -2.19. The molecule has 0 spiro atoms. The molecule has 0 radical (unpaired) electrons. The van der Waals surface area contributed by atoms with Crippen LogP contribution in [0.1, 0.15) is 31.9 Å². The molecule has 21 heavy (non-hydrogen) atoms. The van der Waals surface area contributed by atoms with Crippen LogP contribution in [0.4, 0.5) is 4.39 Å². The number of nitrogens with one attached hydrogen (secondary N) is 1. The van der Waals surface area contributed by atoms with Gasteiger partial charge in [-0.05, 0) is 49.7 Å². The Morgan fingerprint density at radius 2 is 2.14 bits per heavy atom. The van der Waals surface area contributed by atoms with Gasteiger partial charge in [0.1, 0.15) is 17.3 Å². The van der Waals surface area contributed by atoms with Gasteiger partial charge in [-0.15, -0.1) is 0 Å². The van der Waals surface area contributed by atoms with Gasteiger partial charge >= 0.3 is 0 Å². The Hall–Kier alpha value is -1.94. The first-order chi connectivity index (χ1) is 10.2. The van der Waals surface area contributed by atoms with Gasteiger partial charge in [0, 0.05) is 17.8 Å². The molecule has 0 bridgehead atoms. The van der Waals surface area contributed by atoms with E-state index in [1.807, 2.05) is 12.1 Å². The molecular weight excluding hydrogens is 267 g/mol. The van der Waals surface area contributed by atoms with Gasteiger partial charge in [0.15, 0.2) is 0 Å². The lowest BCUT2D eigenvalue weighted by atomic mass is 10.0. The summed E-state index contributed by atoms with van der Waals surface area (Å²) >= 11 is 0. The molecule has 1 N–H and O–H groups in total. The summed E-state index contributed by atoms with van der Waals surface area (Å²) in [6.07, 6.45) is 2.70. The molecule has 1 aromatic heterocycles. The van der Waals surface area contributed by atoms with E-state index in [9.17, 15) is 4.39 Å². The van der Waals surface area contributed by atoms with Crippen LogP contribution in [0.2, 0.25) is 0 Å². The van der Waals surface area contributed by atoms with Gasteiger partial charge in [0.25, 0.3) is 0 Å². The van der Waals surface area contributed by atoms with E-state index in [0.29, 0.717) is 17.0 Å². The molecule has 1 heterocycles. The minimum atomic E-state index is -0.293. The van der Waals surface area contributed by atoms with Crippen molar-refractivity contribution in [3.05, 3.63) is 47.9 Å². The molecule has 112 valence electrons. The van der Waals surface area contributed by atoms with E-state index in [-0.39, 0.29) is 11.9 Å². The van der Waals surface area contributed by atoms with Crippen LogP contribution in [0, 0.1) is 5.82 Å². The van der Waals surface area contributed by atoms with Gasteiger partial charge in [-0.1, -0.05) is 13.0 Å². The average Bonchev–Trinajstić information content (AvgIpc) is 2.53. The van der Waals surface area contributed by atoms with Gasteiger partial charge in [0.2, 0.25) is 0 Å². The third-order valence-electron chi connectivity index (χ3n) is 3.44. The summed E-state index contributed by atoms with van der Waals surface area (Å²) in [4.78, 5) is 4.26. The largest absolute Gasteiger partial charge is 0.494 e. The van der Waals surface area contributed by atoms with E-state index >= 15 is 0 Å². The second-order valence-electron chi connectivity index (χ2n) is 4.97. The fourth-order valence-corrected chi connectivity index (χ4v) is 2.23. The van der Waals surface area contributed by atoms with Gasteiger partial charge in [0.05, 0.1) is 7.11 Å². The van der Waals surface area contributed by atoms with E-state index in [4.69, 9.17) is 4.74 Å². The molecular formula is C17H21FN2O. The van der Waals surface area contributed by atoms with Crippen molar-refractivity contribution in [3.8, 4) is 17.0 Å². The predicted molar refractivity (Wildman–Crippen MR) is 82.9 cm³/mol. The van der Waals surface area contributed by atoms with Crippen molar-refractivity contribution < 1.29 is 9.13 Å². The number of pyridine rings is 1. The summed E-state index contributed by atoms with van der Waals surface area (Å²) in [5, 5.41) is 3.40. The Kier molecular flexibility index (Phi) is 5.28. The molecule has 0 saturated carbocycles. The summed E-state index contributed by atoms with van der Waals surface area (Å²) in [7, 11) is 1.56. The van der Waals surface area contributed by atoms with Crippen molar-refractivity contribution in [2.45, 2.75) is 26.3 Å². The normalized spacial score (nSPS) is 12.2. The Bertz CT molecular complexity index is 601. The lowest BCUT2D eigenvalue weighted by molar-refractivity contribution is 0.414. The van der Waals surface area contributed by atoms with E-state index in [2.05, 4.69) is 24.1 Å². The zero-order chi connectivity index (χ0) is 15.2. The second kappa shape index (κ2) is 7.18. The topological polar surface area (TPSA) is 34.2 Å². The van der Waals surface area contributed by atoms with Gasteiger partial charge in [-0.3, -0.25) is 4.98 Å². The second-order valence-corrected chi connectivity index (χ2v) is 4.97. The SMILES string of the molecule is CCCNC(C)c1ccc(F)c(-c2ncccc2OC)c1. The minimum absolute atomic E-state index is 0.166. The van der Waals surface area contributed by atoms with Crippen LogP contribution >= 0.6 is 0 Å². The zero-order valence-corrected chi connectivity index (χ0v) is 12.7. The summed E-state index contributed by atoms with van der Waals surface area (Å²) in [6.45, 7) is 5.12. The summed E-state index contributed by atoms with van der Waals surface area (Å²) in [5.74, 6) is 0.279. The molecule has 2 rings (SSSR count). The molecule has 1 aromatic carbocycles. The van der Waals surface area contributed by atoms with Gasteiger partial charge < -0.3 is 10.1 Å². The Balaban J connectivity index is 2.39. The van der Waals surface area contributed by atoms with E-state index in [0.717, 1.165) is 18.5 Å². The molecule has 4 heteroatoms. The van der Waals surface area contributed by atoms with Crippen molar-refractivity contribution in [1.29, 1.82) is 0 Å². The molecule has 0 saturated heterocycles. The molecule has 1 atom stereocenters. The van der Waals surface area contributed by atoms with Crippen LogP contribution in [0.5, 0.6) is 5.75 Å². The Labute approximate surface area is 125 Å². The highest BCUT2D eigenvalue weighted by Crippen LogP contribution is 2.31. The quantitative estimate of drug-likeness (QED) is 0.873. The van der Waals surface area contributed by atoms with Crippen LogP contribution in [0.3, 0.4) is 0 Å². The molecule has 2 aromatic rings. The number of rotatable bonds is 6. The van der Waals surface area contributed by atoms with Crippen molar-refractivity contribution in [1.82, 2.24) is 10.3 Å². The van der Waals surface area contributed by atoms with Crippen molar-refractivity contribution >= 4 is 0 Å². The smallest absolute Gasteiger partial charge is 0.145 e. The molecule has 0 fully saturated rings. The number of methoxy groups -OCH3 is 1. The van der Waals surface area contributed by atoms with Crippen LogP contribution in [-0.4, -0.2) is 18.6 Å². The summed E-state index contributed by atoms with van der Waals surface area (Å²) in [5.41, 5.74) is 2.03. The van der Waals surface area contributed by atoms with Crippen LogP contribution < -0.4 is 10.1 Å². The number of hydrogen-bond donors (Lipinski definition) is 1. The third kappa shape index (κ3) is 3.58. The van der Waals surface area contributed by atoms with Gasteiger partial charge in [-0.25, -0.2) is 4.39 Å². The van der Waals surface area contributed by atoms with Crippen LogP contribution in [0.25, 0.3) is 11.3 Å². The third-order valence-corrected chi connectivity index (χ3v) is 3.44. The fraction of sp³-hybridized carbons (Fsp3) is 0.353. The van der Waals surface area contributed by atoms with E-state index < -0.39 is 0 Å². The van der Waals surface area contributed by atoms with Crippen LogP contribution in [0.15, 0.2) is 36.5 Å². The molecule has 0 amide bonds. The van der Waals surface area contributed by atoms with Crippen molar-refractivity contribution in [3.63, 3.8) is 0 Å². The number of nitrogens with zero attached hydrogens (tertiary/aromatic N) is 1. The number of halogens is 1. The maximum Gasteiger partial charge on any atom is 0.145 e. The summed E-state index contributed by atoms with van der Waals surface area (Å²) < 4.78 is 19.4. The standard InChI is InChI=1S/C17H21FN2O/c1-4-9-19-12(2)13-7-8-15(18)14(11-13)17-16(21-3)6-5-10-20-17/h5-8,10-12,19H,4,9H2,1-3H3. The van der Waals surface area contributed by atoms with Gasteiger partial charge in [-0.2, -0.15) is 0 Å². The summed E-state index contributed by atoms with van der Waals surface area (Å²) in [6, 6.07) is 8.86. The highest BCUT2D eigenvalue weighted by atomic mass is 19.1. The highest BCUT2D eigenvalue weighted by Gasteiger charge is 2.14. The first-order valence-corrected chi connectivity index (χ1v) is 7.19. The average molecular weight is 288 g/mol. The number of ether oxygens (including phenoxy) is 1. The maximum atomic E-state index is 14.2. The van der Waals surface area contributed by atoms with E-state index in [1.165, 1.54) is 6.07 Å². The molecule has 0 aliphatic heterocycles. The molecule has 0 aliphatic rings. The fourth-order valence-electron chi connectivity index (χ4n) is 2.23. The first-order valence-electron chi connectivity index (χ1n) is 7.19. The molecule has 1 unspecified atom stereocenters. The number of hydrogen-bond acceptors (Lipinski definition) is 3. The predicted octanol–water partition coefficient (Wildman–Crippen LogP) is 3.96. The maximum absolute atomic E-state index is 14.2. The highest BCUT2D eigenvalue weighted by molar-refractivity contribution is 5.67. The first kappa shape index (κ1) is 15.4. The lowest BCUT2D eigenvalue weighted by Gasteiger charge is -2.16. The van der Waals surface area contributed by atoms with Crippen molar-refractivity contribution in [2.24, 2.45) is 0 Å². The van der Waals surface area contributed by atoms with E-state index in [1.54, 1.807) is 25.4 Å². The Morgan fingerprint density at radius 3 is 2.86 bits per heavy atom. The monoisotopic (exact) mass is 288 g/mol. The van der Waals surface area contributed by atoms with Crippen molar-refractivity contribution in [2.75, 3.05) is 13.7 Å². The molecule has 0 aliphatic carbocycles. The number of aromatic nitrogens is 1. The molecule has 3 nitrogen and oxygen atoms in total. The number of benzene rings is 1. The zero-order valence-electron chi connectivity index (χ0n) is 12.7. The van der Waals surface area contributed by atoms with Crippen LogP contribution in [-0.2, 0) is 0 Å².